The Kier molecular flexibility index (Phi) is 5.73. The lowest BCUT2D eigenvalue weighted by molar-refractivity contribution is -0.122. The van der Waals surface area contributed by atoms with Crippen LogP contribution in [0.2, 0.25) is 0 Å². The fraction of sp³-hybridized carbons (Fsp3) is 0.562. The summed E-state index contributed by atoms with van der Waals surface area (Å²) in [6.07, 6.45) is 0. The molecule has 5 nitrogen and oxygen atoms in total. The zero-order valence-corrected chi connectivity index (χ0v) is 13.0. The molecule has 0 bridgehead atoms. The molecule has 1 amide bonds. The van der Waals surface area contributed by atoms with Crippen molar-refractivity contribution in [3.05, 3.63) is 35.9 Å². The van der Waals surface area contributed by atoms with Gasteiger partial charge in [0.2, 0.25) is 5.91 Å². The van der Waals surface area contributed by atoms with E-state index in [1.807, 2.05) is 30.3 Å². The maximum atomic E-state index is 12.4. The Morgan fingerprint density at radius 2 is 2.05 bits per heavy atom. The zero-order chi connectivity index (χ0) is 15.2. The van der Waals surface area contributed by atoms with Crippen LogP contribution in [0.25, 0.3) is 0 Å². The third-order valence-electron chi connectivity index (χ3n) is 4.25. The second kappa shape index (κ2) is 7.54. The van der Waals surface area contributed by atoms with Crippen LogP contribution in [0.5, 0.6) is 0 Å². The number of hydrogen-bond acceptors (Lipinski definition) is 4. The molecule has 1 fully saturated rings. The number of carbonyl (C=O) groups excluding carboxylic acids is 1. The molecule has 0 aliphatic carbocycles. The van der Waals surface area contributed by atoms with Gasteiger partial charge in [-0.25, -0.2) is 0 Å². The lowest BCUT2D eigenvalue weighted by Crippen LogP contribution is -2.54. The molecule has 0 spiro atoms. The summed E-state index contributed by atoms with van der Waals surface area (Å²) in [6, 6.07) is 10.1. The summed E-state index contributed by atoms with van der Waals surface area (Å²) in [5, 5.41) is 3.07. The molecule has 3 N–H and O–H groups in total. The van der Waals surface area contributed by atoms with Gasteiger partial charge in [-0.2, -0.15) is 0 Å². The maximum absolute atomic E-state index is 12.4. The highest BCUT2D eigenvalue weighted by molar-refractivity contribution is 5.83. The maximum Gasteiger partial charge on any atom is 0.228 e. The number of benzene rings is 1. The number of nitrogens with zero attached hydrogens (tertiary/aromatic N) is 2. The van der Waals surface area contributed by atoms with E-state index in [9.17, 15) is 4.79 Å². The highest BCUT2D eigenvalue weighted by Gasteiger charge is 2.24. The summed E-state index contributed by atoms with van der Waals surface area (Å²) in [7, 11) is 4.23. The highest BCUT2D eigenvalue weighted by Crippen LogP contribution is 2.14. The minimum Gasteiger partial charge on any atom is -0.354 e. The van der Waals surface area contributed by atoms with Crippen LogP contribution in [-0.4, -0.2) is 68.6 Å². The minimum absolute atomic E-state index is 0.0188. The predicted octanol–water partition coefficient (Wildman–Crippen LogP) is 0.0909. The van der Waals surface area contributed by atoms with Crippen LogP contribution in [0, 0.1) is 0 Å². The molecule has 116 valence electrons. The quantitative estimate of drug-likeness (QED) is 0.807. The average molecular weight is 290 g/mol. The van der Waals surface area contributed by atoms with Crippen molar-refractivity contribution in [3.63, 3.8) is 0 Å². The molecular weight excluding hydrogens is 264 g/mol. The number of piperazine rings is 1. The number of carbonyl (C=O) groups is 1. The fourth-order valence-corrected chi connectivity index (χ4v) is 2.74. The summed E-state index contributed by atoms with van der Waals surface area (Å²) >= 11 is 0. The summed E-state index contributed by atoms with van der Waals surface area (Å²) in [5.41, 5.74) is 6.76. The van der Waals surface area contributed by atoms with E-state index in [0.717, 1.165) is 25.2 Å². The highest BCUT2D eigenvalue weighted by atomic mass is 16.1. The van der Waals surface area contributed by atoms with Gasteiger partial charge in [0.05, 0.1) is 5.92 Å². The normalized spacial score (nSPS) is 22.0. The van der Waals surface area contributed by atoms with Gasteiger partial charge in [0, 0.05) is 38.8 Å². The molecule has 2 unspecified atom stereocenters. The Hall–Kier alpha value is -1.43. The molecule has 1 saturated heterocycles. The first-order chi connectivity index (χ1) is 10.1. The molecule has 2 rings (SSSR count). The summed E-state index contributed by atoms with van der Waals surface area (Å²) < 4.78 is 0. The van der Waals surface area contributed by atoms with Gasteiger partial charge in [-0.15, -0.1) is 0 Å². The summed E-state index contributed by atoms with van der Waals surface area (Å²) in [4.78, 5) is 17.0. The molecule has 2 atom stereocenters. The van der Waals surface area contributed by atoms with E-state index in [-0.39, 0.29) is 11.8 Å². The Balaban J connectivity index is 1.91. The van der Waals surface area contributed by atoms with Gasteiger partial charge in [0.15, 0.2) is 0 Å². The number of hydrogen-bond donors (Lipinski definition) is 2. The number of rotatable bonds is 5. The van der Waals surface area contributed by atoms with E-state index in [1.54, 1.807) is 0 Å². The van der Waals surface area contributed by atoms with E-state index in [0.29, 0.717) is 19.1 Å². The minimum atomic E-state index is -0.266. The van der Waals surface area contributed by atoms with Crippen molar-refractivity contribution >= 4 is 5.91 Å². The van der Waals surface area contributed by atoms with Crippen LogP contribution in [0.1, 0.15) is 11.5 Å². The monoisotopic (exact) mass is 290 g/mol. The van der Waals surface area contributed by atoms with Gasteiger partial charge in [0.25, 0.3) is 0 Å². The Bertz CT molecular complexity index is 451. The van der Waals surface area contributed by atoms with E-state index in [1.165, 1.54) is 0 Å². The third-order valence-corrected chi connectivity index (χ3v) is 4.25. The van der Waals surface area contributed by atoms with Crippen LogP contribution in [0.4, 0.5) is 0 Å². The van der Waals surface area contributed by atoms with Crippen LogP contribution in [0.3, 0.4) is 0 Å². The molecule has 0 aromatic heterocycles. The predicted molar refractivity (Wildman–Crippen MR) is 85.2 cm³/mol. The second-order valence-corrected chi connectivity index (χ2v) is 5.84. The number of nitrogens with one attached hydrogen (secondary N) is 1. The fourth-order valence-electron chi connectivity index (χ4n) is 2.74. The first-order valence-electron chi connectivity index (χ1n) is 7.53. The van der Waals surface area contributed by atoms with Gasteiger partial charge in [-0.1, -0.05) is 30.3 Å². The van der Waals surface area contributed by atoms with Crippen molar-refractivity contribution in [1.29, 1.82) is 0 Å². The van der Waals surface area contributed by atoms with E-state index < -0.39 is 0 Å². The van der Waals surface area contributed by atoms with Crippen LogP contribution in [0.15, 0.2) is 30.3 Å². The standard InChI is InChI=1S/C16H26N4O/c1-19-8-9-20(2)14(12-19)11-18-16(21)15(10-17)13-6-4-3-5-7-13/h3-7,14-15H,8-12,17H2,1-2H3,(H,18,21). The van der Waals surface area contributed by atoms with Crippen molar-refractivity contribution in [3.8, 4) is 0 Å². The van der Waals surface area contributed by atoms with Gasteiger partial charge in [0.1, 0.15) is 0 Å². The topological polar surface area (TPSA) is 61.6 Å². The van der Waals surface area contributed by atoms with Crippen molar-refractivity contribution in [2.45, 2.75) is 12.0 Å². The molecule has 21 heavy (non-hydrogen) atoms. The first kappa shape index (κ1) is 15.9. The molecule has 1 heterocycles. The van der Waals surface area contributed by atoms with E-state index >= 15 is 0 Å². The SMILES string of the molecule is CN1CCN(C)C(CNC(=O)C(CN)c2ccccc2)C1. The van der Waals surface area contributed by atoms with Gasteiger partial charge >= 0.3 is 0 Å². The van der Waals surface area contributed by atoms with Crippen LogP contribution >= 0.6 is 0 Å². The van der Waals surface area contributed by atoms with Crippen molar-refractivity contribution in [2.75, 3.05) is 46.8 Å². The Morgan fingerprint density at radius 1 is 1.33 bits per heavy atom. The second-order valence-electron chi connectivity index (χ2n) is 5.84. The smallest absolute Gasteiger partial charge is 0.228 e. The Morgan fingerprint density at radius 3 is 2.71 bits per heavy atom. The summed E-state index contributed by atoms with van der Waals surface area (Å²) in [5.74, 6) is -0.247. The molecular formula is C16H26N4O. The lowest BCUT2D eigenvalue weighted by atomic mass is 9.98. The third kappa shape index (κ3) is 4.27. The molecule has 1 aromatic rings. The zero-order valence-electron chi connectivity index (χ0n) is 13.0. The van der Waals surface area contributed by atoms with Crippen LogP contribution in [-0.2, 0) is 4.79 Å². The number of nitrogens with two attached hydrogens (primary N) is 1. The van der Waals surface area contributed by atoms with E-state index in [2.05, 4.69) is 29.2 Å². The summed E-state index contributed by atoms with van der Waals surface area (Å²) in [6.45, 7) is 4.10. The van der Waals surface area contributed by atoms with Gasteiger partial charge in [-0.3, -0.25) is 9.69 Å². The number of amides is 1. The van der Waals surface area contributed by atoms with Crippen molar-refractivity contribution < 1.29 is 4.79 Å². The Labute approximate surface area is 127 Å². The lowest BCUT2D eigenvalue weighted by Gasteiger charge is -2.37. The van der Waals surface area contributed by atoms with Gasteiger partial charge < -0.3 is 16.0 Å². The average Bonchev–Trinajstić information content (AvgIpc) is 2.50. The van der Waals surface area contributed by atoms with E-state index in [4.69, 9.17) is 5.73 Å². The molecule has 5 heteroatoms. The van der Waals surface area contributed by atoms with Crippen LogP contribution < -0.4 is 11.1 Å². The molecule has 1 aromatic carbocycles. The molecule has 0 radical (unpaired) electrons. The molecule has 1 aliphatic rings. The number of likely N-dealkylation sites (N-methyl/N-ethyl adjacent to an activating group) is 2. The first-order valence-corrected chi connectivity index (χ1v) is 7.53. The molecule has 0 saturated carbocycles. The van der Waals surface area contributed by atoms with Crippen molar-refractivity contribution in [2.24, 2.45) is 5.73 Å². The molecule has 1 aliphatic heterocycles. The largest absolute Gasteiger partial charge is 0.354 e. The van der Waals surface area contributed by atoms with Crippen molar-refractivity contribution in [1.82, 2.24) is 15.1 Å². The van der Waals surface area contributed by atoms with Gasteiger partial charge in [-0.05, 0) is 19.7 Å².